The van der Waals surface area contributed by atoms with Gasteiger partial charge in [-0.05, 0) is 19.4 Å². The summed E-state index contributed by atoms with van der Waals surface area (Å²) in [5.41, 5.74) is -3.78. The fraction of sp³-hybridized carbons (Fsp3) is 0.350. The minimum Gasteiger partial charge on any atom is -0.503 e. The van der Waals surface area contributed by atoms with Crippen LogP contribution in [0.1, 0.15) is 49.3 Å². The molecule has 4 rings (SSSR count). The van der Waals surface area contributed by atoms with Crippen LogP contribution < -0.4 is 10.7 Å². The first-order valence-electron chi connectivity index (χ1n) is 12.1. The topological polar surface area (TPSA) is 101 Å². The van der Waals surface area contributed by atoms with E-state index in [1.807, 2.05) is 0 Å². The van der Waals surface area contributed by atoms with Crippen molar-refractivity contribution in [2.24, 2.45) is 0 Å². The van der Waals surface area contributed by atoms with Gasteiger partial charge in [-0.25, -0.2) is 8.78 Å². The number of carbonyl (C=O) groups is 2. The summed E-state index contributed by atoms with van der Waals surface area (Å²) in [6.45, 7) is -5.58. The molecule has 0 saturated carbocycles. The first-order chi connectivity index (χ1) is 16.8. The molecule has 3 heterocycles. The SMILES string of the molecule is [2H]C([2H])(NC(=O)c1cn2c(c(O)c1=O)C(=O)N1[C@H](C2)OC([2H])([2H])C([2H])([2H])[C@@]1([2H])C)c1ccc(F)cc1F. The molecule has 0 spiro atoms. The first-order valence-corrected chi connectivity index (χ1v) is 8.59. The normalized spacial score (nSPS) is 30.2. The average molecular weight is 426 g/mol. The molecule has 1 aromatic heterocycles. The van der Waals surface area contributed by atoms with Gasteiger partial charge in [-0.3, -0.25) is 14.4 Å². The van der Waals surface area contributed by atoms with E-state index in [-0.39, 0.29) is 0 Å². The third-order valence-corrected chi connectivity index (χ3v) is 4.59. The number of ether oxygens (including phenoxy) is 1. The van der Waals surface area contributed by atoms with E-state index >= 15 is 0 Å². The maximum absolute atomic E-state index is 14.1. The van der Waals surface area contributed by atoms with Crippen molar-refractivity contribution < 1.29 is 37.8 Å². The van der Waals surface area contributed by atoms with Crippen LogP contribution in [0.4, 0.5) is 8.78 Å². The fourth-order valence-corrected chi connectivity index (χ4v) is 3.15. The van der Waals surface area contributed by atoms with E-state index in [1.54, 1.807) is 5.32 Å². The predicted molar refractivity (Wildman–Crippen MR) is 99.9 cm³/mol. The molecule has 0 radical (unpaired) electrons. The largest absolute Gasteiger partial charge is 0.503 e. The molecule has 30 heavy (non-hydrogen) atoms. The summed E-state index contributed by atoms with van der Waals surface area (Å²) in [7, 11) is 0. The second kappa shape index (κ2) is 7.52. The molecule has 0 bridgehead atoms. The summed E-state index contributed by atoms with van der Waals surface area (Å²) >= 11 is 0. The summed E-state index contributed by atoms with van der Waals surface area (Å²) in [5.74, 6) is -6.26. The van der Waals surface area contributed by atoms with Gasteiger partial charge >= 0.3 is 0 Å². The highest BCUT2D eigenvalue weighted by Gasteiger charge is 2.41. The summed E-state index contributed by atoms with van der Waals surface area (Å²) in [5, 5.41) is 12.3. The van der Waals surface area contributed by atoms with Gasteiger partial charge < -0.3 is 24.6 Å². The van der Waals surface area contributed by atoms with Crippen molar-refractivity contribution in [1.29, 1.82) is 0 Å². The number of aromatic nitrogens is 1. The Morgan fingerprint density at radius 3 is 2.97 bits per heavy atom. The van der Waals surface area contributed by atoms with Crippen LogP contribution in [0.5, 0.6) is 5.75 Å². The number of benzene rings is 1. The molecule has 1 fully saturated rings. The van der Waals surface area contributed by atoms with Crippen LogP contribution in [0.15, 0.2) is 29.2 Å². The van der Waals surface area contributed by atoms with Gasteiger partial charge in [-0.1, -0.05) is 6.07 Å². The van der Waals surface area contributed by atoms with Crippen LogP contribution in [-0.4, -0.2) is 45.2 Å². The van der Waals surface area contributed by atoms with Gasteiger partial charge in [0.05, 0.1) is 20.0 Å². The smallest absolute Gasteiger partial charge is 0.276 e. The Bertz CT molecular complexity index is 1400. The Hall–Kier alpha value is -3.27. The van der Waals surface area contributed by atoms with E-state index < -0.39 is 89.7 Å². The van der Waals surface area contributed by atoms with Crippen molar-refractivity contribution in [3.8, 4) is 5.75 Å². The molecule has 1 aromatic carbocycles. The molecular formula is C20H19F2N3O5. The molecule has 10 heteroatoms. The van der Waals surface area contributed by atoms with Crippen molar-refractivity contribution in [2.45, 2.75) is 38.6 Å². The van der Waals surface area contributed by atoms with E-state index in [2.05, 4.69) is 0 Å². The third kappa shape index (κ3) is 3.32. The first kappa shape index (κ1) is 13.1. The van der Waals surface area contributed by atoms with E-state index in [0.29, 0.717) is 11.0 Å². The number of halogens is 2. The van der Waals surface area contributed by atoms with E-state index in [9.17, 15) is 28.3 Å². The molecule has 2 aliphatic heterocycles. The second-order valence-corrected chi connectivity index (χ2v) is 6.48. The number of amides is 2. The molecule has 2 aliphatic rings. The minimum absolute atomic E-state index is 0.390. The Labute approximate surface area is 179 Å². The molecule has 158 valence electrons. The molecule has 0 unspecified atom stereocenters. The van der Waals surface area contributed by atoms with Crippen LogP contribution >= 0.6 is 0 Å². The van der Waals surface area contributed by atoms with Gasteiger partial charge in [0.15, 0.2) is 17.7 Å². The summed E-state index contributed by atoms with van der Waals surface area (Å²) < 4.78 is 89.4. The molecule has 2 amide bonds. The van der Waals surface area contributed by atoms with E-state index in [4.69, 9.17) is 14.3 Å². The number of aromatic hydroxyl groups is 1. The summed E-state index contributed by atoms with van der Waals surface area (Å²) in [4.78, 5) is 39.3. The highest BCUT2D eigenvalue weighted by Crippen LogP contribution is 2.29. The van der Waals surface area contributed by atoms with Crippen molar-refractivity contribution in [1.82, 2.24) is 14.8 Å². The van der Waals surface area contributed by atoms with Gasteiger partial charge in [0.2, 0.25) is 5.43 Å². The van der Waals surface area contributed by atoms with E-state index in [1.165, 1.54) is 0 Å². The van der Waals surface area contributed by atoms with Gasteiger partial charge in [0.25, 0.3) is 11.8 Å². The van der Waals surface area contributed by atoms with Crippen LogP contribution in [0.2, 0.25) is 0 Å². The number of hydrogen-bond acceptors (Lipinski definition) is 5. The zero-order valence-corrected chi connectivity index (χ0v) is 15.3. The van der Waals surface area contributed by atoms with Crippen LogP contribution in [-0.2, 0) is 17.8 Å². The van der Waals surface area contributed by atoms with Crippen molar-refractivity contribution in [3.63, 3.8) is 0 Å². The number of pyridine rings is 1. The van der Waals surface area contributed by atoms with Crippen LogP contribution in [0, 0.1) is 11.6 Å². The third-order valence-electron chi connectivity index (χ3n) is 4.59. The summed E-state index contributed by atoms with van der Waals surface area (Å²) in [6.07, 6.45) is -3.85. The molecule has 2 aromatic rings. The fourth-order valence-electron chi connectivity index (χ4n) is 3.15. The van der Waals surface area contributed by atoms with Crippen LogP contribution in [0.3, 0.4) is 0 Å². The van der Waals surface area contributed by atoms with Crippen molar-refractivity contribution in [2.75, 3.05) is 6.56 Å². The van der Waals surface area contributed by atoms with Gasteiger partial charge in [0.1, 0.15) is 17.2 Å². The Morgan fingerprint density at radius 1 is 1.47 bits per heavy atom. The lowest BCUT2D eigenvalue weighted by molar-refractivity contribution is -0.112. The monoisotopic (exact) mass is 426 g/mol. The number of fused-ring (bicyclic) bond motifs is 2. The number of hydrogen-bond donors (Lipinski definition) is 2. The minimum atomic E-state index is -3.04. The van der Waals surface area contributed by atoms with Gasteiger partial charge in [-0.2, -0.15) is 0 Å². The quantitative estimate of drug-likeness (QED) is 0.772. The molecular weight excluding hydrogens is 400 g/mol. The molecule has 0 aliphatic carbocycles. The zero-order chi connectivity index (χ0) is 27.9. The molecule has 2 N–H and O–H groups in total. The Balaban J connectivity index is 1.75. The maximum Gasteiger partial charge on any atom is 0.276 e. The lowest BCUT2D eigenvalue weighted by Crippen LogP contribution is -2.57. The lowest BCUT2D eigenvalue weighted by atomic mass is 10.1. The number of nitrogens with zero attached hydrogens (tertiary/aromatic N) is 2. The molecule has 2 atom stereocenters. The highest BCUT2D eigenvalue weighted by molar-refractivity contribution is 5.99. The zero-order valence-electron chi connectivity index (χ0n) is 22.3. The number of carbonyl (C=O) groups excluding carboxylic acids is 2. The average Bonchev–Trinajstić information content (AvgIpc) is 2.73. The van der Waals surface area contributed by atoms with Gasteiger partial charge in [0, 0.05) is 33.1 Å². The molecule has 1 saturated heterocycles. The van der Waals surface area contributed by atoms with E-state index in [0.717, 1.165) is 29.8 Å². The van der Waals surface area contributed by atoms with Crippen molar-refractivity contribution >= 4 is 11.8 Å². The maximum atomic E-state index is 14.1. The predicted octanol–water partition coefficient (Wildman–Crippen LogP) is 1.35. The van der Waals surface area contributed by atoms with Crippen LogP contribution in [0.25, 0.3) is 0 Å². The number of rotatable bonds is 3. The highest BCUT2D eigenvalue weighted by atomic mass is 19.1. The second-order valence-electron chi connectivity index (χ2n) is 6.48. The Morgan fingerprint density at radius 2 is 2.23 bits per heavy atom. The molecule has 8 nitrogen and oxygen atoms in total. The standard InChI is InChI=1S/C20H19F2N3O5/c1-10-4-5-30-15-9-24-8-13(17(26)18(27)16(24)20(29)25(10)15)19(28)23-7-11-2-3-12(21)6-14(11)22/h2-3,6,8,10,15,27H,4-5,7,9H2,1H3,(H,23,28)/t10-,15+/m1/s1/i4D2,5D2,7D2,10D. The Kier molecular flexibility index (Phi) is 3.29. The van der Waals surface area contributed by atoms with Crippen molar-refractivity contribution in [3.05, 3.63) is 63.1 Å². The number of nitrogens with one attached hydrogen (secondary N) is 1. The lowest BCUT2D eigenvalue weighted by Gasteiger charge is -2.44. The van der Waals surface area contributed by atoms with Gasteiger partial charge in [-0.15, -0.1) is 0 Å². The summed E-state index contributed by atoms with van der Waals surface area (Å²) in [6, 6.07) is -0.651.